The molecule has 5 nitrogen and oxygen atoms in total. The number of rotatable bonds is 4. The maximum atomic E-state index is 10.7. The van der Waals surface area contributed by atoms with Gasteiger partial charge in [0, 0.05) is 6.42 Å². The quantitative estimate of drug-likeness (QED) is 0.642. The number of primary amides is 1. The number of carboxylic acids is 1. The zero-order chi connectivity index (χ0) is 9.84. The predicted molar refractivity (Wildman–Crippen MR) is 44.0 cm³/mol. The van der Waals surface area contributed by atoms with Crippen molar-refractivity contribution in [2.45, 2.75) is 37.9 Å². The first-order chi connectivity index (χ1) is 6.09. The van der Waals surface area contributed by atoms with Crippen LogP contribution in [0.15, 0.2) is 0 Å². The smallest absolute Gasteiger partial charge is 0.303 e. The van der Waals surface area contributed by atoms with Crippen LogP contribution in [0.4, 0.5) is 0 Å². The van der Waals surface area contributed by atoms with Gasteiger partial charge in [0.2, 0.25) is 5.91 Å². The summed E-state index contributed by atoms with van der Waals surface area (Å²) in [5.41, 5.74) is 5.04. The number of carboxylic acid groups (broad SMARTS) is 1. The molecule has 2 atom stereocenters. The van der Waals surface area contributed by atoms with Gasteiger partial charge >= 0.3 is 5.97 Å². The van der Waals surface area contributed by atoms with Gasteiger partial charge in [0.1, 0.15) is 6.10 Å². The number of hydrogen-bond donors (Lipinski definition) is 2. The summed E-state index contributed by atoms with van der Waals surface area (Å²) in [4.78, 5) is 20.9. The number of aliphatic carboxylic acids is 1. The van der Waals surface area contributed by atoms with Crippen LogP contribution >= 0.6 is 0 Å². The van der Waals surface area contributed by atoms with Gasteiger partial charge in [0.15, 0.2) is 0 Å². The maximum Gasteiger partial charge on any atom is 0.303 e. The average molecular weight is 187 g/mol. The summed E-state index contributed by atoms with van der Waals surface area (Å²) in [6.07, 6.45) is 1.24. The molecule has 1 saturated heterocycles. The van der Waals surface area contributed by atoms with E-state index < -0.39 is 18.0 Å². The first kappa shape index (κ1) is 9.98. The van der Waals surface area contributed by atoms with Gasteiger partial charge in [0.25, 0.3) is 0 Å². The highest BCUT2D eigenvalue weighted by Crippen LogP contribution is 2.22. The van der Waals surface area contributed by atoms with Crippen LogP contribution in [0.3, 0.4) is 0 Å². The number of carbonyl (C=O) groups excluding carboxylic acids is 1. The third-order valence-corrected chi connectivity index (χ3v) is 2.11. The molecular formula is C8H13NO4. The van der Waals surface area contributed by atoms with Crippen LogP contribution in [-0.2, 0) is 14.3 Å². The van der Waals surface area contributed by atoms with Gasteiger partial charge < -0.3 is 15.6 Å². The minimum atomic E-state index is -0.842. The Morgan fingerprint density at radius 3 is 2.62 bits per heavy atom. The molecule has 74 valence electrons. The van der Waals surface area contributed by atoms with E-state index in [1.165, 1.54) is 0 Å². The first-order valence-corrected chi connectivity index (χ1v) is 4.26. The molecule has 3 N–H and O–H groups in total. The number of hydrogen-bond acceptors (Lipinski definition) is 3. The summed E-state index contributed by atoms with van der Waals surface area (Å²) in [6.45, 7) is 0. The van der Waals surface area contributed by atoms with Crippen molar-refractivity contribution in [3.63, 3.8) is 0 Å². The second kappa shape index (κ2) is 4.23. The Labute approximate surface area is 75.9 Å². The molecule has 13 heavy (non-hydrogen) atoms. The Kier molecular flexibility index (Phi) is 3.25. The molecule has 1 aliphatic heterocycles. The molecular weight excluding hydrogens is 174 g/mol. The molecule has 5 heteroatoms. The lowest BCUT2D eigenvalue weighted by molar-refractivity contribution is -0.138. The van der Waals surface area contributed by atoms with E-state index in [-0.39, 0.29) is 12.5 Å². The fourth-order valence-electron chi connectivity index (χ4n) is 1.41. The Morgan fingerprint density at radius 1 is 1.46 bits per heavy atom. The second-order valence-electron chi connectivity index (χ2n) is 3.16. The topological polar surface area (TPSA) is 89.6 Å². The number of amides is 1. The van der Waals surface area contributed by atoms with Crippen molar-refractivity contribution in [1.29, 1.82) is 0 Å². The number of nitrogens with two attached hydrogens (primary N) is 1. The van der Waals surface area contributed by atoms with Crippen LogP contribution in [0.2, 0.25) is 0 Å². The number of ether oxygens (including phenoxy) is 1. The van der Waals surface area contributed by atoms with Crippen LogP contribution in [0.25, 0.3) is 0 Å². The Hall–Kier alpha value is -1.10. The zero-order valence-corrected chi connectivity index (χ0v) is 7.23. The highest BCUT2D eigenvalue weighted by molar-refractivity contribution is 5.79. The molecule has 0 aromatic carbocycles. The van der Waals surface area contributed by atoms with Crippen molar-refractivity contribution in [2.75, 3.05) is 0 Å². The van der Waals surface area contributed by atoms with Crippen LogP contribution < -0.4 is 5.73 Å². The summed E-state index contributed by atoms with van der Waals surface area (Å²) in [5.74, 6) is -1.30. The lowest BCUT2D eigenvalue weighted by Gasteiger charge is -2.09. The molecule has 0 saturated carbocycles. The van der Waals surface area contributed by atoms with Gasteiger partial charge in [-0.15, -0.1) is 0 Å². The van der Waals surface area contributed by atoms with E-state index in [0.29, 0.717) is 12.8 Å². The second-order valence-corrected chi connectivity index (χ2v) is 3.16. The van der Waals surface area contributed by atoms with Crippen molar-refractivity contribution in [3.8, 4) is 0 Å². The molecule has 0 bridgehead atoms. The van der Waals surface area contributed by atoms with E-state index in [0.717, 1.165) is 6.42 Å². The van der Waals surface area contributed by atoms with E-state index in [1.54, 1.807) is 0 Å². The molecule has 0 radical (unpaired) electrons. The normalized spacial score (nSPS) is 27.4. The minimum absolute atomic E-state index is 0.0795. The van der Waals surface area contributed by atoms with Crippen molar-refractivity contribution < 1.29 is 19.4 Å². The summed E-state index contributed by atoms with van der Waals surface area (Å²) in [6, 6.07) is 0. The van der Waals surface area contributed by atoms with E-state index in [9.17, 15) is 9.59 Å². The maximum absolute atomic E-state index is 10.7. The van der Waals surface area contributed by atoms with Crippen molar-refractivity contribution in [1.82, 2.24) is 0 Å². The third-order valence-electron chi connectivity index (χ3n) is 2.11. The highest BCUT2D eigenvalue weighted by Gasteiger charge is 2.28. The summed E-state index contributed by atoms with van der Waals surface area (Å²) < 4.78 is 5.24. The van der Waals surface area contributed by atoms with E-state index in [2.05, 4.69) is 0 Å². The highest BCUT2D eigenvalue weighted by atomic mass is 16.5. The largest absolute Gasteiger partial charge is 0.481 e. The summed E-state index contributed by atoms with van der Waals surface area (Å²) >= 11 is 0. The lowest BCUT2D eigenvalue weighted by Crippen LogP contribution is -2.28. The van der Waals surface area contributed by atoms with Crippen LogP contribution in [-0.4, -0.2) is 29.2 Å². The lowest BCUT2D eigenvalue weighted by atomic mass is 10.1. The standard InChI is InChI=1S/C8H13NO4/c9-8(12)6-3-1-5(13-6)2-4-7(10)11/h5-6H,1-4H2,(H2,9,12)(H,10,11)/t5-,6-/m0/s1. The molecule has 0 aromatic heterocycles. The molecule has 1 fully saturated rings. The Morgan fingerprint density at radius 2 is 2.15 bits per heavy atom. The van der Waals surface area contributed by atoms with Crippen LogP contribution in [0.1, 0.15) is 25.7 Å². The predicted octanol–water partition coefficient (Wildman–Crippen LogP) is -0.116. The van der Waals surface area contributed by atoms with Gasteiger partial charge in [-0.3, -0.25) is 9.59 Å². The molecule has 0 unspecified atom stereocenters. The molecule has 1 heterocycles. The Balaban J connectivity index is 2.25. The Bertz CT molecular complexity index is 216. The van der Waals surface area contributed by atoms with Crippen molar-refractivity contribution in [3.05, 3.63) is 0 Å². The molecule has 1 rings (SSSR count). The fourth-order valence-corrected chi connectivity index (χ4v) is 1.41. The number of carbonyl (C=O) groups is 2. The van der Waals surface area contributed by atoms with E-state index in [4.69, 9.17) is 15.6 Å². The van der Waals surface area contributed by atoms with Crippen LogP contribution in [0, 0.1) is 0 Å². The van der Waals surface area contributed by atoms with Gasteiger partial charge in [-0.05, 0) is 19.3 Å². The van der Waals surface area contributed by atoms with Crippen LogP contribution in [0.5, 0.6) is 0 Å². The van der Waals surface area contributed by atoms with Gasteiger partial charge in [-0.2, -0.15) is 0 Å². The monoisotopic (exact) mass is 187 g/mol. The summed E-state index contributed by atoms with van der Waals surface area (Å²) in [5, 5.41) is 8.40. The zero-order valence-electron chi connectivity index (χ0n) is 7.23. The van der Waals surface area contributed by atoms with Crippen molar-refractivity contribution >= 4 is 11.9 Å². The van der Waals surface area contributed by atoms with Crippen molar-refractivity contribution in [2.24, 2.45) is 5.73 Å². The fraction of sp³-hybridized carbons (Fsp3) is 0.750. The third kappa shape index (κ3) is 3.02. The molecule has 0 aliphatic carbocycles. The molecule has 1 aliphatic rings. The molecule has 0 aromatic rings. The summed E-state index contributed by atoms with van der Waals surface area (Å²) in [7, 11) is 0. The van der Waals surface area contributed by atoms with Gasteiger partial charge in [-0.1, -0.05) is 0 Å². The van der Waals surface area contributed by atoms with E-state index in [1.807, 2.05) is 0 Å². The first-order valence-electron chi connectivity index (χ1n) is 4.26. The van der Waals surface area contributed by atoms with E-state index >= 15 is 0 Å². The SMILES string of the molecule is NC(=O)[C@@H]1CC[C@@H](CCC(=O)O)O1. The minimum Gasteiger partial charge on any atom is -0.481 e. The average Bonchev–Trinajstić information content (AvgIpc) is 2.48. The van der Waals surface area contributed by atoms with Gasteiger partial charge in [0.05, 0.1) is 6.10 Å². The molecule has 0 spiro atoms. The van der Waals surface area contributed by atoms with Gasteiger partial charge in [-0.25, -0.2) is 0 Å². The molecule has 1 amide bonds.